The molecule has 1 atom stereocenters. The molecule has 0 radical (unpaired) electrons. The van der Waals surface area contributed by atoms with Gasteiger partial charge < -0.3 is 10.6 Å². The van der Waals surface area contributed by atoms with E-state index < -0.39 is 0 Å². The zero-order valence-corrected chi connectivity index (χ0v) is 13.4. The molecular formula is C18H27FN2O. The molecule has 1 aliphatic rings. The largest absolute Gasteiger partial charge is 0.351 e. The minimum atomic E-state index is -0.255. The maximum Gasteiger partial charge on any atom is 0.237 e. The van der Waals surface area contributed by atoms with Crippen LogP contribution in [0.2, 0.25) is 0 Å². The van der Waals surface area contributed by atoms with Gasteiger partial charge in [-0.2, -0.15) is 0 Å². The number of rotatable bonds is 5. The highest BCUT2D eigenvalue weighted by Crippen LogP contribution is 2.17. The summed E-state index contributed by atoms with van der Waals surface area (Å²) in [5, 5.41) is 6.37. The van der Waals surface area contributed by atoms with Crippen molar-refractivity contribution in [2.75, 3.05) is 0 Å². The molecule has 0 heterocycles. The van der Waals surface area contributed by atoms with Gasteiger partial charge in [0, 0.05) is 12.6 Å². The fraction of sp³-hybridized carbons (Fsp3) is 0.611. The first-order valence-corrected chi connectivity index (χ1v) is 8.43. The molecule has 0 saturated heterocycles. The Kier molecular flexibility index (Phi) is 6.84. The van der Waals surface area contributed by atoms with Crippen molar-refractivity contribution in [3.05, 3.63) is 35.6 Å². The number of nitrogens with one attached hydrogen (secondary N) is 2. The van der Waals surface area contributed by atoms with E-state index in [-0.39, 0.29) is 17.8 Å². The number of amides is 1. The van der Waals surface area contributed by atoms with E-state index in [4.69, 9.17) is 0 Å². The second kappa shape index (κ2) is 8.89. The minimum absolute atomic E-state index is 0.00591. The predicted molar refractivity (Wildman–Crippen MR) is 87.0 cm³/mol. The molecule has 0 unspecified atom stereocenters. The normalized spacial score (nSPS) is 18.3. The highest BCUT2D eigenvalue weighted by Gasteiger charge is 2.18. The summed E-state index contributed by atoms with van der Waals surface area (Å²) < 4.78 is 12.8. The van der Waals surface area contributed by atoms with Gasteiger partial charge in [0.25, 0.3) is 0 Å². The van der Waals surface area contributed by atoms with E-state index in [1.165, 1.54) is 44.2 Å². The summed E-state index contributed by atoms with van der Waals surface area (Å²) in [5.41, 5.74) is 0.910. The number of hydrogen-bond acceptors (Lipinski definition) is 2. The fourth-order valence-corrected chi connectivity index (χ4v) is 3.00. The van der Waals surface area contributed by atoms with Crippen LogP contribution in [0.15, 0.2) is 24.3 Å². The molecule has 2 N–H and O–H groups in total. The second-order valence-electron chi connectivity index (χ2n) is 6.27. The fourth-order valence-electron chi connectivity index (χ4n) is 3.00. The van der Waals surface area contributed by atoms with Crippen LogP contribution >= 0.6 is 0 Å². The summed E-state index contributed by atoms with van der Waals surface area (Å²) in [4.78, 5) is 12.2. The lowest BCUT2D eigenvalue weighted by Gasteiger charge is -2.24. The van der Waals surface area contributed by atoms with Crippen LogP contribution in [0.3, 0.4) is 0 Å². The van der Waals surface area contributed by atoms with Crippen LogP contribution in [0, 0.1) is 5.82 Å². The van der Waals surface area contributed by atoms with Crippen molar-refractivity contribution >= 4 is 5.91 Å². The first kappa shape index (κ1) is 16.9. The monoisotopic (exact) mass is 306 g/mol. The lowest BCUT2D eigenvalue weighted by Crippen LogP contribution is -2.46. The Bertz CT molecular complexity index is 453. The van der Waals surface area contributed by atoms with Crippen LogP contribution in [-0.4, -0.2) is 18.0 Å². The highest BCUT2D eigenvalue weighted by atomic mass is 19.1. The van der Waals surface area contributed by atoms with Gasteiger partial charge in [-0.1, -0.05) is 44.2 Å². The van der Waals surface area contributed by atoms with E-state index in [1.54, 1.807) is 12.1 Å². The molecule has 3 nitrogen and oxygen atoms in total. The summed E-state index contributed by atoms with van der Waals surface area (Å²) in [6.45, 7) is 2.36. The Morgan fingerprint density at radius 1 is 1.14 bits per heavy atom. The molecule has 122 valence electrons. The third-order valence-electron chi connectivity index (χ3n) is 4.36. The molecule has 0 aliphatic heterocycles. The van der Waals surface area contributed by atoms with Gasteiger partial charge in [0.1, 0.15) is 5.82 Å². The molecule has 0 spiro atoms. The lowest BCUT2D eigenvalue weighted by molar-refractivity contribution is -0.123. The van der Waals surface area contributed by atoms with Crippen molar-refractivity contribution in [1.82, 2.24) is 10.6 Å². The van der Waals surface area contributed by atoms with Crippen molar-refractivity contribution in [3.63, 3.8) is 0 Å². The SMILES string of the molecule is C[C@H](NC1CCCCCCC1)C(=O)NCc1ccc(F)cc1. The number of benzene rings is 1. The van der Waals surface area contributed by atoms with E-state index in [0.717, 1.165) is 18.4 Å². The molecule has 2 rings (SSSR count). The van der Waals surface area contributed by atoms with Gasteiger partial charge in [0.2, 0.25) is 5.91 Å². The topological polar surface area (TPSA) is 41.1 Å². The average Bonchev–Trinajstić information content (AvgIpc) is 2.49. The Hall–Kier alpha value is -1.42. The summed E-state index contributed by atoms with van der Waals surface area (Å²) in [5.74, 6) is -0.249. The van der Waals surface area contributed by atoms with Gasteiger partial charge >= 0.3 is 0 Å². The Morgan fingerprint density at radius 2 is 1.73 bits per heavy atom. The van der Waals surface area contributed by atoms with Gasteiger partial charge in [-0.05, 0) is 37.5 Å². The summed E-state index contributed by atoms with van der Waals surface area (Å²) in [7, 11) is 0. The molecule has 22 heavy (non-hydrogen) atoms. The van der Waals surface area contributed by atoms with E-state index in [9.17, 15) is 9.18 Å². The smallest absolute Gasteiger partial charge is 0.237 e. The van der Waals surface area contributed by atoms with Crippen LogP contribution < -0.4 is 10.6 Å². The van der Waals surface area contributed by atoms with Gasteiger partial charge in [-0.15, -0.1) is 0 Å². The first-order valence-electron chi connectivity index (χ1n) is 8.43. The molecule has 1 aromatic rings. The zero-order valence-electron chi connectivity index (χ0n) is 13.4. The first-order chi connectivity index (χ1) is 10.6. The van der Waals surface area contributed by atoms with Crippen LogP contribution in [0.4, 0.5) is 4.39 Å². The van der Waals surface area contributed by atoms with Crippen LogP contribution in [0.25, 0.3) is 0 Å². The Labute approximate surface area is 132 Å². The van der Waals surface area contributed by atoms with Gasteiger partial charge in [-0.3, -0.25) is 4.79 Å². The van der Waals surface area contributed by atoms with Crippen molar-refractivity contribution in [2.24, 2.45) is 0 Å². The van der Waals surface area contributed by atoms with Crippen molar-refractivity contribution in [2.45, 2.75) is 70.5 Å². The van der Waals surface area contributed by atoms with E-state index in [2.05, 4.69) is 10.6 Å². The molecular weight excluding hydrogens is 279 g/mol. The average molecular weight is 306 g/mol. The van der Waals surface area contributed by atoms with E-state index in [0.29, 0.717) is 12.6 Å². The number of carbonyl (C=O) groups excluding carboxylic acids is 1. The van der Waals surface area contributed by atoms with Gasteiger partial charge in [0.05, 0.1) is 6.04 Å². The standard InChI is InChI=1S/C18H27FN2O/c1-14(21-17-7-5-3-2-4-6-8-17)18(22)20-13-15-9-11-16(19)12-10-15/h9-12,14,17,21H,2-8,13H2,1H3,(H,20,22)/t14-/m0/s1. The minimum Gasteiger partial charge on any atom is -0.351 e. The molecule has 0 bridgehead atoms. The maximum atomic E-state index is 12.8. The maximum absolute atomic E-state index is 12.8. The van der Waals surface area contributed by atoms with Gasteiger partial charge in [0.15, 0.2) is 0 Å². The summed E-state index contributed by atoms with van der Waals surface area (Å²) in [6.07, 6.45) is 8.79. The predicted octanol–water partition coefficient (Wildman–Crippen LogP) is 3.53. The van der Waals surface area contributed by atoms with Crippen LogP contribution in [0.1, 0.15) is 57.4 Å². The van der Waals surface area contributed by atoms with Crippen LogP contribution in [0.5, 0.6) is 0 Å². The third kappa shape index (κ3) is 5.76. The molecule has 1 aromatic carbocycles. The molecule has 1 amide bonds. The Balaban J connectivity index is 1.74. The molecule has 0 aromatic heterocycles. The summed E-state index contributed by atoms with van der Waals surface area (Å²) >= 11 is 0. The van der Waals surface area contributed by atoms with E-state index in [1.807, 2.05) is 6.92 Å². The van der Waals surface area contributed by atoms with Crippen LogP contribution in [-0.2, 0) is 11.3 Å². The molecule has 1 fully saturated rings. The van der Waals surface area contributed by atoms with Gasteiger partial charge in [-0.25, -0.2) is 4.39 Å². The quantitative estimate of drug-likeness (QED) is 0.873. The highest BCUT2D eigenvalue weighted by molar-refractivity contribution is 5.81. The molecule has 4 heteroatoms. The molecule has 1 aliphatic carbocycles. The lowest BCUT2D eigenvalue weighted by atomic mass is 9.96. The zero-order chi connectivity index (χ0) is 15.8. The van der Waals surface area contributed by atoms with Crippen molar-refractivity contribution < 1.29 is 9.18 Å². The second-order valence-corrected chi connectivity index (χ2v) is 6.27. The number of carbonyl (C=O) groups is 1. The third-order valence-corrected chi connectivity index (χ3v) is 4.36. The van der Waals surface area contributed by atoms with Crippen molar-refractivity contribution in [1.29, 1.82) is 0 Å². The summed E-state index contributed by atoms with van der Waals surface area (Å²) in [6, 6.07) is 6.48. The number of hydrogen-bond donors (Lipinski definition) is 2. The Morgan fingerprint density at radius 3 is 2.36 bits per heavy atom. The van der Waals surface area contributed by atoms with Crippen molar-refractivity contribution in [3.8, 4) is 0 Å². The molecule has 1 saturated carbocycles. The van der Waals surface area contributed by atoms with E-state index >= 15 is 0 Å². The number of halogens is 1.